The predicted molar refractivity (Wildman–Crippen MR) is 162 cm³/mol. The Kier molecular flexibility index (Phi) is 12.7. The molecule has 0 aliphatic heterocycles. The molecule has 8 nitrogen and oxygen atoms in total. The molecule has 1 aromatic carbocycles. The summed E-state index contributed by atoms with van der Waals surface area (Å²) in [5.74, 6) is -0.383. The summed E-state index contributed by atoms with van der Waals surface area (Å²) in [6.45, 7) is 4.06. The van der Waals surface area contributed by atoms with Gasteiger partial charge in [0.05, 0.1) is 56.6 Å². The monoisotopic (exact) mass is 655 g/mol. The van der Waals surface area contributed by atoms with Gasteiger partial charge in [-0.05, 0) is 56.5 Å². The summed E-state index contributed by atoms with van der Waals surface area (Å²) in [5.41, 5.74) is 1.71. The normalized spacial score (nSPS) is 11.3. The highest BCUT2D eigenvalue weighted by Crippen LogP contribution is 2.30. The van der Waals surface area contributed by atoms with E-state index < -0.39 is 12.1 Å². The van der Waals surface area contributed by atoms with Crippen molar-refractivity contribution in [1.29, 1.82) is 0 Å². The van der Waals surface area contributed by atoms with Crippen LogP contribution in [0.3, 0.4) is 0 Å². The third-order valence-corrected chi connectivity index (χ3v) is 7.33. The number of rotatable bonds is 9. The number of carbonyl (C=O) groups excluding carboxylic acids is 2. The summed E-state index contributed by atoms with van der Waals surface area (Å²) in [6.07, 6.45) is 5.64. The number of ether oxygens (including phenoxy) is 3. The van der Waals surface area contributed by atoms with Gasteiger partial charge in [-0.1, -0.05) is 46.4 Å². The van der Waals surface area contributed by atoms with Gasteiger partial charge in [0.15, 0.2) is 0 Å². The number of carbonyl (C=O) groups is 2. The number of hydrogen-bond donors (Lipinski definition) is 0. The van der Waals surface area contributed by atoms with E-state index in [0.29, 0.717) is 38.8 Å². The van der Waals surface area contributed by atoms with Gasteiger partial charge in [0, 0.05) is 28.9 Å². The molecule has 3 heterocycles. The summed E-state index contributed by atoms with van der Waals surface area (Å²) in [6, 6.07) is 10.5. The molecule has 0 spiro atoms. The van der Waals surface area contributed by atoms with Crippen LogP contribution in [-0.4, -0.2) is 46.4 Å². The van der Waals surface area contributed by atoms with E-state index in [4.69, 9.17) is 60.6 Å². The lowest BCUT2D eigenvalue weighted by molar-refractivity contribution is -0.152. The van der Waals surface area contributed by atoms with Crippen LogP contribution in [0.25, 0.3) is 10.9 Å². The third-order valence-electron chi connectivity index (χ3n) is 5.21. The smallest absolute Gasteiger partial charge is 0.353 e. The predicted octanol–water partition coefficient (Wildman–Crippen LogP) is 7.84. The van der Waals surface area contributed by atoms with Crippen molar-refractivity contribution in [2.45, 2.75) is 31.3 Å². The third kappa shape index (κ3) is 9.61. The number of aromatic nitrogens is 3. The minimum absolute atomic E-state index is 0.116. The first-order valence-electron chi connectivity index (χ1n) is 12.2. The van der Waals surface area contributed by atoms with Crippen molar-refractivity contribution >= 4 is 81.0 Å². The van der Waals surface area contributed by atoms with Crippen molar-refractivity contribution in [3.8, 4) is 5.75 Å². The molecule has 0 saturated heterocycles. The fourth-order valence-corrected chi connectivity index (χ4v) is 4.29. The zero-order valence-electron chi connectivity index (χ0n) is 22.2. The molecule has 0 saturated carbocycles. The van der Waals surface area contributed by atoms with Gasteiger partial charge in [-0.2, -0.15) is 0 Å². The molecule has 216 valence electrons. The Morgan fingerprint density at radius 3 is 2.15 bits per heavy atom. The molecule has 3 aromatic heterocycles. The van der Waals surface area contributed by atoms with E-state index in [-0.39, 0.29) is 24.0 Å². The minimum Gasteiger partial charge on any atom is -0.472 e. The second kappa shape index (κ2) is 16.0. The van der Waals surface area contributed by atoms with Crippen LogP contribution >= 0.6 is 58.2 Å². The molecule has 0 radical (unpaired) electrons. The van der Waals surface area contributed by atoms with Gasteiger partial charge in [-0.15, -0.1) is 11.8 Å². The number of nitrogens with zero attached hydrogens (tertiary/aromatic N) is 3. The molecule has 13 heteroatoms. The Morgan fingerprint density at radius 2 is 1.51 bits per heavy atom. The van der Waals surface area contributed by atoms with Crippen LogP contribution in [0.15, 0.2) is 59.9 Å². The first-order valence-corrected chi connectivity index (χ1v) is 14.9. The van der Waals surface area contributed by atoms with Gasteiger partial charge in [0.25, 0.3) is 0 Å². The number of pyridine rings is 3. The second-order valence-electron chi connectivity index (χ2n) is 8.07. The highest BCUT2D eigenvalue weighted by molar-refractivity contribution is 7.98. The van der Waals surface area contributed by atoms with Gasteiger partial charge in [0.2, 0.25) is 6.10 Å². The first-order chi connectivity index (χ1) is 19.6. The summed E-state index contributed by atoms with van der Waals surface area (Å²) in [5, 5.41) is 2.25. The molecule has 1 atom stereocenters. The van der Waals surface area contributed by atoms with Crippen molar-refractivity contribution in [2.24, 2.45) is 0 Å². The van der Waals surface area contributed by atoms with E-state index >= 15 is 0 Å². The summed E-state index contributed by atoms with van der Waals surface area (Å²) in [4.78, 5) is 37.1. The van der Waals surface area contributed by atoms with Gasteiger partial charge >= 0.3 is 11.9 Å². The van der Waals surface area contributed by atoms with Gasteiger partial charge in [-0.25, -0.2) is 4.79 Å². The Balaban J connectivity index is 0.000000278. The van der Waals surface area contributed by atoms with Crippen LogP contribution in [0, 0.1) is 0 Å². The maximum atomic E-state index is 12.4. The standard InChI is InChI=1S/C19H16Cl2N2O3S.C9H9Cl2NO2/c1-3-25-19(24)18(17-8-14(20)15(21)10-23-17)26-12-4-5-16-11(6-12)7-13(27-2)9-22-16;1-2-14-9(13)4-6-3-7(10)8(11)5-12-6/h4-10,18H,3H2,1-2H3;3,5H,2,4H2,1H3. The zero-order valence-corrected chi connectivity index (χ0v) is 26.0. The number of halogens is 4. The summed E-state index contributed by atoms with van der Waals surface area (Å²) in [7, 11) is 0. The SMILES string of the molecule is CCOC(=O)C(Oc1ccc2ncc(SC)cc2c1)c1cc(Cl)c(Cl)cn1.CCOC(=O)Cc1cc(Cl)c(Cl)cn1. The van der Waals surface area contributed by atoms with E-state index in [1.165, 1.54) is 18.5 Å². The molecule has 4 aromatic rings. The van der Waals surface area contributed by atoms with Gasteiger partial charge in [-0.3, -0.25) is 19.7 Å². The lowest BCUT2D eigenvalue weighted by Gasteiger charge is -2.18. The van der Waals surface area contributed by atoms with Crippen LogP contribution in [0.5, 0.6) is 5.75 Å². The van der Waals surface area contributed by atoms with E-state index in [1.54, 1.807) is 37.7 Å². The zero-order chi connectivity index (χ0) is 29.9. The van der Waals surface area contributed by atoms with Crippen LogP contribution < -0.4 is 4.74 Å². The van der Waals surface area contributed by atoms with Crippen molar-refractivity contribution in [3.05, 3.63) is 86.5 Å². The molecule has 4 rings (SSSR count). The molecule has 41 heavy (non-hydrogen) atoms. The number of hydrogen-bond acceptors (Lipinski definition) is 9. The Hall–Kier alpha value is -2.82. The molecular formula is C28H25Cl4N3O5S. The van der Waals surface area contributed by atoms with Crippen molar-refractivity contribution in [1.82, 2.24) is 15.0 Å². The maximum Gasteiger partial charge on any atom is 0.353 e. The lowest BCUT2D eigenvalue weighted by atomic mass is 10.2. The maximum absolute atomic E-state index is 12.4. The number of esters is 2. The first kappa shape index (κ1) is 32.7. The molecule has 0 amide bonds. The number of benzene rings is 1. The lowest BCUT2D eigenvalue weighted by Crippen LogP contribution is -2.22. The van der Waals surface area contributed by atoms with Crippen molar-refractivity contribution in [2.75, 3.05) is 19.5 Å². The number of thioether (sulfide) groups is 1. The summed E-state index contributed by atoms with van der Waals surface area (Å²) < 4.78 is 15.8. The molecule has 0 fully saturated rings. The van der Waals surface area contributed by atoms with E-state index in [0.717, 1.165) is 15.8 Å². The molecule has 0 aliphatic carbocycles. The van der Waals surface area contributed by atoms with Crippen LogP contribution in [0.1, 0.15) is 31.3 Å². The fourth-order valence-electron chi connectivity index (χ4n) is 3.34. The minimum atomic E-state index is -1.06. The molecular weight excluding hydrogens is 632 g/mol. The average Bonchev–Trinajstić information content (AvgIpc) is 2.95. The fraction of sp³-hybridized carbons (Fsp3) is 0.250. The van der Waals surface area contributed by atoms with Gasteiger partial charge < -0.3 is 14.2 Å². The largest absolute Gasteiger partial charge is 0.472 e. The average molecular weight is 657 g/mol. The van der Waals surface area contributed by atoms with Crippen molar-refractivity contribution < 1.29 is 23.8 Å². The highest BCUT2D eigenvalue weighted by Gasteiger charge is 2.26. The molecule has 0 bridgehead atoms. The van der Waals surface area contributed by atoms with E-state index in [2.05, 4.69) is 15.0 Å². The van der Waals surface area contributed by atoms with Crippen LogP contribution in [0.4, 0.5) is 0 Å². The highest BCUT2D eigenvalue weighted by atomic mass is 35.5. The molecule has 1 unspecified atom stereocenters. The number of fused-ring (bicyclic) bond motifs is 1. The topological polar surface area (TPSA) is 101 Å². The molecule has 0 aliphatic rings. The Labute approximate surface area is 261 Å². The van der Waals surface area contributed by atoms with Crippen molar-refractivity contribution in [3.63, 3.8) is 0 Å². The van der Waals surface area contributed by atoms with Crippen LogP contribution in [-0.2, 0) is 25.5 Å². The van der Waals surface area contributed by atoms with E-state index in [1.807, 2.05) is 30.7 Å². The quantitative estimate of drug-likeness (QED) is 0.132. The van der Waals surface area contributed by atoms with Crippen LogP contribution in [0.2, 0.25) is 20.1 Å². The summed E-state index contributed by atoms with van der Waals surface area (Å²) >= 11 is 25.0. The second-order valence-corrected chi connectivity index (χ2v) is 10.6. The molecule has 0 N–H and O–H groups in total. The Bertz CT molecular complexity index is 1530. The van der Waals surface area contributed by atoms with E-state index in [9.17, 15) is 9.59 Å². The Morgan fingerprint density at radius 1 is 0.829 bits per heavy atom. The van der Waals surface area contributed by atoms with Gasteiger partial charge in [0.1, 0.15) is 5.75 Å².